The Balaban J connectivity index is 1.43. The highest BCUT2D eigenvalue weighted by Gasteiger charge is 2.24. The molecule has 12 nitrogen and oxygen atoms in total. The van der Waals surface area contributed by atoms with Crippen LogP contribution in [0.4, 0.5) is 17.1 Å². The van der Waals surface area contributed by atoms with Gasteiger partial charge in [-0.15, -0.1) is 10.2 Å². The highest BCUT2D eigenvalue weighted by molar-refractivity contribution is 7.19. The Morgan fingerprint density at radius 2 is 2.06 bits per heavy atom. The van der Waals surface area contributed by atoms with E-state index in [9.17, 15) is 14.9 Å². The summed E-state index contributed by atoms with van der Waals surface area (Å²) in [7, 11) is 1.50. The van der Waals surface area contributed by atoms with Gasteiger partial charge in [0, 0.05) is 30.3 Å². The first-order valence-corrected chi connectivity index (χ1v) is 11.1. The average Bonchev–Trinajstić information content (AvgIpc) is 3.47. The van der Waals surface area contributed by atoms with Gasteiger partial charge in [0.2, 0.25) is 4.96 Å². The molecule has 174 valence electrons. The van der Waals surface area contributed by atoms with Crippen LogP contribution in [0.1, 0.15) is 10.4 Å². The van der Waals surface area contributed by atoms with Crippen molar-refractivity contribution in [3.8, 4) is 16.3 Å². The van der Waals surface area contributed by atoms with Crippen molar-refractivity contribution < 1.29 is 19.2 Å². The van der Waals surface area contributed by atoms with Crippen molar-refractivity contribution in [3.05, 3.63) is 58.4 Å². The quantitative estimate of drug-likeness (QED) is 0.325. The van der Waals surface area contributed by atoms with Gasteiger partial charge in [-0.2, -0.15) is 9.61 Å². The molecule has 0 saturated carbocycles. The molecule has 5 rings (SSSR count). The average molecular weight is 481 g/mol. The maximum Gasteiger partial charge on any atom is 0.293 e. The van der Waals surface area contributed by atoms with Gasteiger partial charge in [0.15, 0.2) is 0 Å². The minimum atomic E-state index is -0.495. The number of aromatic nitrogens is 4. The van der Waals surface area contributed by atoms with Gasteiger partial charge in [-0.3, -0.25) is 14.9 Å². The van der Waals surface area contributed by atoms with Crippen LogP contribution >= 0.6 is 11.3 Å². The first-order chi connectivity index (χ1) is 16.5. The molecule has 2 aromatic heterocycles. The maximum atomic E-state index is 13.0. The van der Waals surface area contributed by atoms with E-state index < -0.39 is 10.8 Å². The lowest BCUT2D eigenvalue weighted by atomic mass is 10.1. The molecule has 1 saturated heterocycles. The zero-order chi connectivity index (χ0) is 23.7. The van der Waals surface area contributed by atoms with Gasteiger partial charge in [-0.1, -0.05) is 11.3 Å². The van der Waals surface area contributed by atoms with Crippen LogP contribution < -0.4 is 15.0 Å². The van der Waals surface area contributed by atoms with Crippen LogP contribution in [0.2, 0.25) is 0 Å². The number of morpholine rings is 1. The van der Waals surface area contributed by atoms with Gasteiger partial charge < -0.3 is 19.7 Å². The zero-order valence-corrected chi connectivity index (χ0v) is 18.8. The third-order valence-corrected chi connectivity index (χ3v) is 6.33. The molecular formula is C21H19N7O5S. The molecule has 2 aromatic carbocycles. The number of nitro benzene ring substituents is 1. The number of nitro groups is 1. The minimum absolute atomic E-state index is 0.130. The molecule has 1 amide bonds. The lowest BCUT2D eigenvalue weighted by Gasteiger charge is -2.28. The second-order valence-corrected chi connectivity index (χ2v) is 8.35. The normalized spacial score (nSPS) is 13.7. The number of methoxy groups -OCH3 is 1. The van der Waals surface area contributed by atoms with E-state index in [-0.39, 0.29) is 11.3 Å². The number of carbonyl (C=O) groups is 1. The molecule has 0 bridgehead atoms. The summed E-state index contributed by atoms with van der Waals surface area (Å²) in [4.78, 5) is 26.8. The van der Waals surface area contributed by atoms with Gasteiger partial charge in [0.1, 0.15) is 22.8 Å². The summed E-state index contributed by atoms with van der Waals surface area (Å²) >= 11 is 1.35. The standard InChI is InChI=1S/C21H19N7O5S/c1-32-18-5-3-14(20-25-27-12-22-24-21(27)34-20)10-15(18)23-19(29)13-2-4-16(17(11-13)28(30)31)26-6-8-33-9-7-26/h2-5,10-12H,6-9H2,1H3,(H,23,29). The maximum absolute atomic E-state index is 13.0. The zero-order valence-electron chi connectivity index (χ0n) is 18.0. The van der Waals surface area contributed by atoms with Crippen LogP contribution in [0.15, 0.2) is 42.7 Å². The number of hydrogen-bond acceptors (Lipinski definition) is 10. The molecule has 1 fully saturated rings. The number of nitrogens with zero attached hydrogens (tertiary/aromatic N) is 6. The van der Waals surface area contributed by atoms with Crippen molar-refractivity contribution in [3.63, 3.8) is 0 Å². The summed E-state index contributed by atoms with van der Waals surface area (Å²) in [6.07, 6.45) is 1.51. The monoisotopic (exact) mass is 481 g/mol. The number of nitrogens with one attached hydrogen (secondary N) is 1. The molecule has 3 heterocycles. The van der Waals surface area contributed by atoms with E-state index in [0.717, 1.165) is 5.56 Å². The summed E-state index contributed by atoms with van der Waals surface area (Å²) in [5.74, 6) is -0.0512. The predicted octanol–water partition coefficient (Wildman–Crippen LogP) is 2.86. The number of ether oxygens (including phenoxy) is 2. The summed E-state index contributed by atoms with van der Waals surface area (Å²) in [5, 5.41) is 27.4. The fourth-order valence-electron chi connectivity index (χ4n) is 3.69. The van der Waals surface area contributed by atoms with Gasteiger partial charge in [-0.05, 0) is 30.3 Å². The molecule has 4 aromatic rings. The largest absolute Gasteiger partial charge is 0.495 e. The Bertz CT molecular complexity index is 1350. The molecule has 1 aliphatic heterocycles. The van der Waals surface area contributed by atoms with Crippen molar-refractivity contribution >= 4 is 39.3 Å². The van der Waals surface area contributed by atoms with Crippen molar-refractivity contribution in [2.75, 3.05) is 43.6 Å². The molecule has 1 N–H and O–H groups in total. The number of rotatable bonds is 6. The van der Waals surface area contributed by atoms with Crippen LogP contribution in [-0.4, -0.2) is 64.1 Å². The van der Waals surface area contributed by atoms with Crippen LogP contribution in [0.25, 0.3) is 15.5 Å². The molecule has 13 heteroatoms. The van der Waals surface area contributed by atoms with Gasteiger partial charge in [-0.25, -0.2) is 0 Å². The molecule has 0 unspecified atom stereocenters. The van der Waals surface area contributed by atoms with E-state index in [1.807, 2.05) is 11.0 Å². The molecule has 34 heavy (non-hydrogen) atoms. The van der Waals surface area contributed by atoms with Crippen molar-refractivity contribution in [2.45, 2.75) is 0 Å². The number of fused-ring (bicyclic) bond motifs is 1. The topological polar surface area (TPSA) is 137 Å². The molecular weight excluding hydrogens is 462 g/mol. The Morgan fingerprint density at radius 3 is 2.79 bits per heavy atom. The SMILES string of the molecule is COc1ccc(-c2nn3cnnc3s2)cc1NC(=O)c1ccc(N2CCOCC2)c([N+](=O)[O-])c1. The van der Waals surface area contributed by atoms with E-state index in [2.05, 4.69) is 20.6 Å². The van der Waals surface area contributed by atoms with E-state index in [1.165, 1.54) is 30.8 Å². The first kappa shape index (κ1) is 21.7. The van der Waals surface area contributed by atoms with Gasteiger partial charge >= 0.3 is 0 Å². The van der Waals surface area contributed by atoms with Crippen molar-refractivity contribution in [1.82, 2.24) is 19.8 Å². The first-order valence-electron chi connectivity index (χ1n) is 10.3. The predicted molar refractivity (Wildman–Crippen MR) is 125 cm³/mol. The number of amides is 1. The van der Waals surface area contributed by atoms with Crippen LogP contribution in [-0.2, 0) is 4.74 Å². The van der Waals surface area contributed by atoms with E-state index in [4.69, 9.17) is 9.47 Å². The third kappa shape index (κ3) is 4.13. The Labute approximate surface area is 196 Å². The Hall–Kier alpha value is -4.10. The lowest BCUT2D eigenvalue weighted by Crippen LogP contribution is -2.36. The number of anilines is 2. The Morgan fingerprint density at radius 1 is 1.24 bits per heavy atom. The smallest absolute Gasteiger partial charge is 0.293 e. The minimum Gasteiger partial charge on any atom is -0.495 e. The number of carbonyl (C=O) groups excluding carboxylic acids is 1. The van der Waals surface area contributed by atoms with E-state index in [1.54, 1.807) is 28.8 Å². The summed E-state index contributed by atoms with van der Waals surface area (Å²) in [6, 6.07) is 9.75. The molecule has 1 aliphatic rings. The summed E-state index contributed by atoms with van der Waals surface area (Å²) in [5.41, 5.74) is 1.66. The van der Waals surface area contributed by atoms with E-state index >= 15 is 0 Å². The second kappa shape index (κ2) is 9.03. The fraction of sp³-hybridized carbons (Fsp3) is 0.238. The molecule has 0 atom stereocenters. The van der Waals surface area contributed by atoms with Crippen LogP contribution in [0.3, 0.4) is 0 Å². The second-order valence-electron chi connectivity index (χ2n) is 7.39. The highest BCUT2D eigenvalue weighted by atomic mass is 32.1. The summed E-state index contributed by atoms with van der Waals surface area (Å²) in [6.45, 7) is 2.09. The highest BCUT2D eigenvalue weighted by Crippen LogP contribution is 2.34. The van der Waals surface area contributed by atoms with E-state index in [0.29, 0.717) is 53.4 Å². The fourth-order valence-corrected chi connectivity index (χ4v) is 4.51. The van der Waals surface area contributed by atoms with Crippen LogP contribution in [0, 0.1) is 10.1 Å². The molecule has 0 radical (unpaired) electrons. The van der Waals surface area contributed by atoms with Gasteiger partial charge in [0.25, 0.3) is 11.6 Å². The third-order valence-electron chi connectivity index (χ3n) is 5.37. The van der Waals surface area contributed by atoms with Gasteiger partial charge in [0.05, 0.1) is 30.9 Å². The Kier molecular flexibility index (Phi) is 5.77. The summed E-state index contributed by atoms with van der Waals surface area (Å²) < 4.78 is 12.3. The lowest BCUT2D eigenvalue weighted by molar-refractivity contribution is -0.384. The number of hydrogen-bond donors (Lipinski definition) is 1. The van der Waals surface area contributed by atoms with Crippen molar-refractivity contribution in [1.29, 1.82) is 0 Å². The van der Waals surface area contributed by atoms with Crippen molar-refractivity contribution in [2.24, 2.45) is 0 Å². The number of benzene rings is 2. The van der Waals surface area contributed by atoms with Crippen LogP contribution in [0.5, 0.6) is 5.75 Å². The molecule has 0 spiro atoms. The molecule has 0 aliphatic carbocycles.